The molecular formula is C21H18F3N3O6S. The first-order valence-corrected chi connectivity index (χ1v) is 11.6. The van der Waals surface area contributed by atoms with E-state index in [1.807, 2.05) is 0 Å². The normalized spacial score (nSPS) is 11.9. The van der Waals surface area contributed by atoms with E-state index in [1.165, 1.54) is 36.4 Å². The van der Waals surface area contributed by atoms with Crippen LogP contribution in [0.2, 0.25) is 0 Å². The summed E-state index contributed by atoms with van der Waals surface area (Å²) in [5, 5.41) is 16.0. The molecule has 2 aromatic carbocycles. The first-order chi connectivity index (χ1) is 15.9. The van der Waals surface area contributed by atoms with Crippen LogP contribution in [0.4, 0.5) is 13.2 Å². The number of sulfone groups is 1. The van der Waals surface area contributed by atoms with Crippen LogP contribution in [0.3, 0.4) is 0 Å². The van der Waals surface area contributed by atoms with Crippen molar-refractivity contribution in [3.05, 3.63) is 69.9 Å². The van der Waals surface area contributed by atoms with Gasteiger partial charge in [0.25, 0.3) is 5.09 Å². The second-order valence-electron chi connectivity index (χ2n) is 7.28. The maximum Gasteiger partial charge on any atom is 0.416 e. The quantitative estimate of drug-likeness (QED) is 0.201. The van der Waals surface area contributed by atoms with Crippen LogP contribution in [0.5, 0.6) is 0 Å². The van der Waals surface area contributed by atoms with Crippen molar-refractivity contribution in [2.45, 2.75) is 23.9 Å². The minimum absolute atomic E-state index is 0.0253. The Balaban J connectivity index is 2.03. The van der Waals surface area contributed by atoms with Crippen LogP contribution >= 0.6 is 0 Å². The summed E-state index contributed by atoms with van der Waals surface area (Å²) in [4.78, 5) is 27.3. The van der Waals surface area contributed by atoms with Crippen molar-refractivity contribution in [3.8, 4) is 22.4 Å². The fourth-order valence-corrected chi connectivity index (χ4v) is 3.85. The lowest BCUT2D eigenvalue weighted by atomic mass is 9.95. The standard InChI is InChI=1S/C21H18F3N3O6S/c1-34(31,32)16-10-6-14(7-11-16)19-18(13-4-8-15(9-5-13)21(22,23)24)20(26-25-19)17(28)3-2-12-33-27(29)30/h4-11H,2-3,12H2,1H3,(H,25,26). The number of halogens is 3. The summed E-state index contributed by atoms with van der Waals surface area (Å²) in [6.45, 7) is -0.307. The van der Waals surface area contributed by atoms with Gasteiger partial charge in [-0.25, -0.2) is 8.42 Å². The Labute approximate surface area is 191 Å². The summed E-state index contributed by atoms with van der Waals surface area (Å²) >= 11 is 0. The summed E-state index contributed by atoms with van der Waals surface area (Å²) in [6, 6.07) is 9.84. The molecule has 0 atom stereocenters. The highest BCUT2D eigenvalue weighted by atomic mass is 32.2. The minimum atomic E-state index is -4.55. The van der Waals surface area contributed by atoms with Crippen molar-refractivity contribution in [2.75, 3.05) is 12.9 Å². The predicted octanol–water partition coefficient (Wildman–Crippen LogP) is 4.34. The second-order valence-corrected chi connectivity index (χ2v) is 9.29. The average Bonchev–Trinajstić information content (AvgIpc) is 3.20. The molecule has 0 unspecified atom stereocenters. The Morgan fingerprint density at radius 2 is 1.68 bits per heavy atom. The van der Waals surface area contributed by atoms with Gasteiger partial charge in [0.05, 0.1) is 22.8 Å². The highest BCUT2D eigenvalue weighted by Gasteiger charge is 2.30. The largest absolute Gasteiger partial charge is 0.416 e. The maximum atomic E-state index is 13.0. The molecule has 0 saturated carbocycles. The number of aromatic nitrogens is 2. The van der Waals surface area contributed by atoms with Crippen molar-refractivity contribution < 1.29 is 36.3 Å². The first kappa shape index (κ1) is 24.9. The molecular weight excluding hydrogens is 479 g/mol. The average molecular weight is 497 g/mol. The zero-order chi connectivity index (χ0) is 25.1. The molecule has 9 nitrogen and oxygen atoms in total. The van der Waals surface area contributed by atoms with E-state index in [0.29, 0.717) is 11.3 Å². The van der Waals surface area contributed by atoms with Gasteiger partial charge in [0, 0.05) is 23.8 Å². The highest BCUT2D eigenvalue weighted by Crippen LogP contribution is 2.36. The van der Waals surface area contributed by atoms with E-state index in [2.05, 4.69) is 15.0 Å². The molecule has 0 radical (unpaired) electrons. The fraction of sp³-hybridized carbons (Fsp3) is 0.238. The van der Waals surface area contributed by atoms with Gasteiger partial charge in [0.1, 0.15) is 5.69 Å². The van der Waals surface area contributed by atoms with Crippen LogP contribution in [-0.2, 0) is 20.9 Å². The number of hydrogen-bond acceptors (Lipinski definition) is 7. The van der Waals surface area contributed by atoms with Crippen LogP contribution in [-0.4, -0.2) is 42.3 Å². The smallest absolute Gasteiger partial charge is 0.314 e. The number of carbonyl (C=O) groups excluding carboxylic acids is 1. The summed E-state index contributed by atoms with van der Waals surface area (Å²) < 4.78 is 62.5. The number of hydrogen-bond donors (Lipinski definition) is 1. The van der Waals surface area contributed by atoms with Crippen LogP contribution in [0, 0.1) is 10.1 Å². The summed E-state index contributed by atoms with van der Waals surface area (Å²) in [5.74, 6) is -0.503. The number of rotatable bonds is 9. The zero-order valence-electron chi connectivity index (χ0n) is 17.6. The predicted molar refractivity (Wildman–Crippen MR) is 114 cm³/mol. The van der Waals surface area contributed by atoms with Crippen LogP contribution in [0.25, 0.3) is 22.4 Å². The van der Waals surface area contributed by atoms with Crippen molar-refractivity contribution in [1.29, 1.82) is 0 Å². The molecule has 180 valence electrons. The van der Waals surface area contributed by atoms with Gasteiger partial charge in [0.15, 0.2) is 15.6 Å². The van der Waals surface area contributed by atoms with E-state index in [9.17, 15) is 36.5 Å². The van der Waals surface area contributed by atoms with Gasteiger partial charge in [-0.2, -0.15) is 18.3 Å². The summed E-state index contributed by atoms with van der Waals surface area (Å²) in [6.07, 6.45) is -3.63. The number of nitrogens with zero attached hydrogens (tertiary/aromatic N) is 2. The molecule has 0 aliphatic heterocycles. The zero-order valence-corrected chi connectivity index (χ0v) is 18.4. The molecule has 1 aromatic heterocycles. The number of carbonyl (C=O) groups is 1. The molecule has 0 spiro atoms. The molecule has 3 aromatic rings. The molecule has 13 heteroatoms. The number of aromatic amines is 1. The second kappa shape index (κ2) is 9.63. The Morgan fingerprint density at radius 1 is 1.09 bits per heavy atom. The lowest BCUT2D eigenvalue weighted by Gasteiger charge is -2.10. The lowest BCUT2D eigenvalue weighted by molar-refractivity contribution is -0.757. The van der Waals surface area contributed by atoms with Gasteiger partial charge < -0.3 is 4.84 Å². The van der Waals surface area contributed by atoms with E-state index in [4.69, 9.17) is 0 Å². The number of H-pyrrole nitrogens is 1. The highest BCUT2D eigenvalue weighted by molar-refractivity contribution is 7.90. The van der Waals surface area contributed by atoms with E-state index < -0.39 is 32.4 Å². The third-order valence-corrected chi connectivity index (χ3v) is 5.98. The Bertz CT molecular complexity index is 1300. The Morgan fingerprint density at radius 3 is 2.21 bits per heavy atom. The third kappa shape index (κ3) is 5.78. The van der Waals surface area contributed by atoms with Gasteiger partial charge in [-0.15, -0.1) is 10.1 Å². The Hall–Kier alpha value is -3.74. The minimum Gasteiger partial charge on any atom is -0.314 e. The van der Waals surface area contributed by atoms with Crippen molar-refractivity contribution in [3.63, 3.8) is 0 Å². The fourth-order valence-electron chi connectivity index (χ4n) is 3.22. The summed E-state index contributed by atoms with van der Waals surface area (Å²) in [7, 11) is -3.46. The maximum absolute atomic E-state index is 13.0. The molecule has 3 rings (SSSR count). The van der Waals surface area contributed by atoms with Gasteiger partial charge in [-0.1, -0.05) is 24.3 Å². The molecule has 1 N–H and O–H groups in total. The molecule has 0 aliphatic rings. The first-order valence-electron chi connectivity index (χ1n) is 9.75. The SMILES string of the molecule is CS(=O)(=O)c1ccc(-c2[nH]nc(C(=O)CCCO[N+](=O)[O-])c2-c2ccc(C(F)(F)F)cc2)cc1. The van der Waals surface area contributed by atoms with E-state index >= 15 is 0 Å². The van der Waals surface area contributed by atoms with Crippen LogP contribution in [0.15, 0.2) is 53.4 Å². The van der Waals surface area contributed by atoms with E-state index in [0.717, 1.165) is 18.4 Å². The monoisotopic (exact) mass is 497 g/mol. The molecule has 0 bridgehead atoms. The number of alkyl halides is 3. The molecule has 0 aliphatic carbocycles. The number of nitrogens with one attached hydrogen (secondary N) is 1. The molecule has 0 saturated heterocycles. The van der Waals surface area contributed by atoms with Crippen molar-refractivity contribution in [1.82, 2.24) is 10.2 Å². The number of benzene rings is 2. The lowest BCUT2D eigenvalue weighted by Crippen LogP contribution is -2.07. The number of ketones is 1. The molecule has 34 heavy (non-hydrogen) atoms. The third-order valence-electron chi connectivity index (χ3n) is 4.85. The topological polar surface area (TPSA) is 132 Å². The number of Topliss-reactive ketones (excluding diaryl/α,β-unsaturated/α-hetero) is 1. The van der Waals surface area contributed by atoms with Gasteiger partial charge in [-0.3, -0.25) is 9.89 Å². The Kier molecular flexibility index (Phi) is 7.05. The molecule has 1 heterocycles. The molecule has 0 fully saturated rings. The van der Waals surface area contributed by atoms with Gasteiger partial charge in [-0.05, 0) is 36.2 Å². The molecule has 0 amide bonds. The van der Waals surface area contributed by atoms with Crippen LogP contribution < -0.4 is 0 Å². The van der Waals surface area contributed by atoms with Gasteiger partial charge >= 0.3 is 6.18 Å². The van der Waals surface area contributed by atoms with Crippen LogP contribution in [0.1, 0.15) is 28.9 Å². The van der Waals surface area contributed by atoms with Gasteiger partial charge in [0.2, 0.25) is 0 Å². The van der Waals surface area contributed by atoms with E-state index in [1.54, 1.807) is 0 Å². The van der Waals surface area contributed by atoms with E-state index in [-0.39, 0.29) is 41.2 Å². The summed E-state index contributed by atoms with van der Waals surface area (Å²) in [5.41, 5.74) is 0.303. The van der Waals surface area contributed by atoms with Crippen molar-refractivity contribution in [2.24, 2.45) is 0 Å². The van der Waals surface area contributed by atoms with Crippen molar-refractivity contribution >= 4 is 15.6 Å².